The second-order valence-corrected chi connectivity index (χ2v) is 8.09. The summed E-state index contributed by atoms with van der Waals surface area (Å²) >= 11 is 0. The van der Waals surface area contributed by atoms with E-state index in [-0.39, 0.29) is 29.9 Å². The zero-order valence-corrected chi connectivity index (χ0v) is 16.3. The molecule has 5 nitrogen and oxygen atoms in total. The van der Waals surface area contributed by atoms with Gasteiger partial charge < -0.3 is 15.4 Å². The summed E-state index contributed by atoms with van der Waals surface area (Å²) < 4.78 is 5.46. The lowest BCUT2D eigenvalue weighted by molar-refractivity contribution is -0.131. The fourth-order valence-electron chi connectivity index (χ4n) is 4.68. The number of hydrogen-bond donors (Lipinski definition) is 2. The van der Waals surface area contributed by atoms with Gasteiger partial charge in [0.2, 0.25) is 5.91 Å². The van der Waals surface area contributed by atoms with Crippen molar-refractivity contribution in [2.75, 3.05) is 13.7 Å². The third-order valence-corrected chi connectivity index (χ3v) is 6.35. The topological polar surface area (TPSA) is 67.4 Å². The van der Waals surface area contributed by atoms with Gasteiger partial charge in [-0.1, -0.05) is 30.3 Å². The summed E-state index contributed by atoms with van der Waals surface area (Å²) in [4.78, 5) is 25.0. The minimum Gasteiger partial charge on any atom is -0.381 e. The first-order valence-electron chi connectivity index (χ1n) is 10.2. The van der Waals surface area contributed by atoms with E-state index in [9.17, 15) is 9.59 Å². The molecule has 1 heterocycles. The summed E-state index contributed by atoms with van der Waals surface area (Å²) in [6, 6.07) is 14.0. The molecule has 1 aliphatic heterocycles. The molecule has 28 heavy (non-hydrogen) atoms. The normalized spacial score (nSPS) is 27.1. The Labute approximate surface area is 165 Å². The van der Waals surface area contributed by atoms with Crippen molar-refractivity contribution in [3.8, 4) is 0 Å². The van der Waals surface area contributed by atoms with Crippen molar-refractivity contribution in [3.05, 3.63) is 48.0 Å². The van der Waals surface area contributed by atoms with Gasteiger partial charge in [-0.3, -0.25) is 9.59 Å². The summed E-state index contributed by atoms with van der Waals surface area (Å²) in [5.41, 5.74) is 0.657. The number of fused-ring (bicyclic) bond motifs is 2. The molecule has 0 bridgehead atoms. The summed E-state index contributed by atoms with van der Waals surface area (Å²) in [5.74, 6) is 0.556. The molecular formula is C23H28N2O3. The van der Waals surface area contributed by atoms with E-state index in [0.29, 0.717) is 24.4 Å². The second kappa shape index (κ2) is 8.31. The lowest BCUT2D eigenvalue weighted by Gasteiger charge is -2.41. The lowest BCUT2D eigenvalue weighted by atomic mass is 9.74. The average molecular weight is 380 g/mol. The van der Waals surface area contributed by atoms with Gasteiger partial charge in [0.15, 0.2) is 0 Å². The van der Waals surface area contributed by atoms with Crippen LogP contribution >= 0.6 is 0 Å². The molecule has 1 saturated carbocycles. The summed E-state index contributed by atoms with van der Waals surface area (Å²) in [6.45, 7) is 0.516. The Kier molecular flexibility index (Phi) is 5.62. The maximum atomic E-state index is 12.5. The molecule has 2 N–H and O–H groups in total. The molecule has 0 aromatic heterocycles. The highest BCUT2D eigenvalue weighted by molar-refractivity contribution is 5.98. The number of rotatable bonds is 5. The molecule has 2 amide bonds. The van der Waals surface area contributed by atoms with E-state index in [0.717, 1.165) is 36.5 Å². The molecule has 4 rings (SSSR count). The highest BCUT2D eigenvalue weighted by Gasteiger charge is 2.39. The molecule has 148 valence electrons. The standard InChI is InChI=1S/C23H28N2O3/c1-28-20-9-8-17-13-19(23(27)25-21(17)14-20)10-11-24-22(26)18-7-6-15-4-2-3-5-16(15)12-18/h2-7,12,17,19-21H,8-11,13-14H2,1H3,(H,24,26)(H,25,27). The van der Waals surface area contributed by atoms with Gasteiger partial charge >= 0.3 is 0 Å². The van der Waals surface area contributed by atoms with Crippen LogP contribution in [-0.2, 0) is 9.53 Å². The number of benzene rings is 2. The van der Waals surface area contributed by atoms with Crippen molar-refractivity contribution in [1.82, 2.24) is 10.6 Å². The number of piperidine rings is 1. The monoisotopic (exact) mass is 380 g/mol. The Morgan fingerprint density at radius 2 is 1.96 bits per heavy atom. The van der Waals surface area contributed by atoms with E-state index in [1.807, 2.05) is 42.5 Å². The van der Waals surface area contributed by atoms with Gasteiger partial charge in [-0.25, -0.2) is 0 Å². The number of ether oxygens (including phenoxy) is 1. The second-order valence-electron chi connectivity index (χ2n) is 8.09. The fraction of sp³-hybridized carbons (Fsp3) is 0.478. The van der Waals surface area contributed by atoms with E-state index in [4.69, 9.17) is 4.74 Å². The van der Waals surface area contributed by atoms with E-state index in [1.54, 1.807) is 7.11 Å². The predicted molar refractivity (Wildman–Crippen MR) is 109 cm³/mol. The first-order valence-corrected chi connectivity index (χ1v) is 10.2. The van der Waals surface area contributed by atoms with E-state index < -0.39 is 0 Å². The maximum absolute atomic E-state index is 12.5. The largest absolute Gasteiger partial charge is 0.381 e. The van der Waals surface area contributed by atoms with Gasteiger partial charge in [0, 0.05) is 31.2 Å². The van der Waals surface area contributed by atoms with Gasteiger partial charge in [0.1, 0.15) is 0 Å². The van der Waals surface area contributed by atoms with Crippen molar-refractivity contribution >= 4 is 22.6 Å². The van der Waals surface area contributed by atoms with Gasteiger partial charge in [-0.05, 0) is 60.9 Å². The molecule has 0 spiro atoms. The zero-order valence-electron chi connectivity index (χ0n) is 16.3. The Hall–Kier alpha value is -2.40. The molecule has 1 aliphatic carbocycles. The van der Waals surface area contributed by atoms with Crippen LogP contribution in [0.4, 0.5) is 0 Å². The van der Waals surface area contributed by atoms with Gasteiger partial charge in [-0.15, -0.1) is 0 Å². The number of carbonyl (C=O) groups excluding carboxylic acids is 2. The van der Waals surface area contributed by atoms with Crippen molar-refractivity contribution < 1.29 is 14.3 Å². The van der Waals surface area contributed by atoms with Crippen molar-refractivity contribution in [2.45, 2.75) is 44.2 Å². The van der Waals surface area contributed by atoms with Crippen molar-refractivity contribution in [3.63, 3.8) is 0 Å². The quantitative estimate of drug-likeness (QED) is 0.837. The minimum absolute atomic E-state index is 0.0164. The van der Waals surface area contributed by atoms with Gasteiger partial charge in [-0.2, -0.15) is 0 Å². The number of hydrogen-bond acceptors (Lipinski definition) is 3. The van der Waals surface area contributed by atoms with Gasteiger partial charge in [0.25, 0.3) is 5.91 Å². The molecular weight excluding hydrogens is 352 g/mol. The first-order chi connectivity index (χ1) is 13.6. The Bertz CT molecular complexity index is 866. The molecule has 4 atom stereocenters. The van der Waals surface area contributed by atoms with E-state index in [2.05, 4.69) is 10.6 Å². The van der Waals surface area contributed by atoms with Crippen LogP contribution in [0.5, 0.6) is 0 Å². The smallest absolute Gasteiger partial charge is 0.251 e. The maximum Gasteiger partial charge on any atom is 0.251 e. The molecule has 2 aliphatic rings. The number of amides is 2. The van der Waals surface area contributed by atoms with Crippen LogP contribution in [0.3, 0.4) is 0 Å². The van der Waals surface area contributed by atoms with Crippen LogP contribution in [0, 0.1) is 11.8 Å². The SMILES string of the molecule is COC1CCC2CC(CCNC(=O)c3ccc4ccccc4c3)C(=O)NC2C1. The first kappa shape index (κ1) is 18.9. The highest BCUT2D eigenvalue weighted by Crippen LogP contribution is 2.35. The van der Waals surface area contributed by atoms with Crippen LogP contribution in [0.15, 0.2) is 42.5 Å². The molecule has 2 aromatic rings. The summed E-state index contributed by atoms with van der Waals surface area (Å²) in [5, 5.41) is 8.35. The summed E-state index contributed by atoms with van der Waals surface area (Å²) in [6.07, 6.45) is 4.95. The summed E-state index contributed by atoms with van der Waals surface area (Å²) in [7, 11) is 1.75. The molecule has 4 unspecified atom stereocenters. The minimum atomic E-state index is -0.0829. The molecule has 5 heteroatoms. The third kappa shape index (κ3) is 4.04. The van der Waals surface area contributed by atoms with Crippen LogP contribution in [-0.4, -0.2) is 37.6 Å². The number of methoxy groups -OCH3 is 1. The Balaban J connectivity index is 1.29. The molecule has 0 radical (unpaired) electrons. The van der Waals surface area contributed by atoms with Crippen LogP contribution in [0.1, 0.15) is 42.5 Å². The Morgan fingerprint density at radius 3 is 2.79 bits per heavy atom. The highest BCUT2D eigenvalue weighted by atomic mass is 16.5. The molecule has 1 saturated heterocycles. The molecule has 2 fully saturated rings. The van der Waals surface area contributed by atoms with Gasteiger partial charge in [0.05, 0.1) is 6.10 Å². The van der Waals surface area contributed by atoms with E-state index >= 15 is 0 Å². The lowest BCUT2D eigenvalue weighted by Crippen LogP contribution is -2.53. The van der Waals surface area contributed by atoms with Crippen LogP contribution < -0.4 is 10.6 Å². The van der Waals surface area contributed by atoms with Crippen LogP contribution in [0.2, 0.25) is 0 Å². The molecule has 2 aromatic carbocycles. The fourth-order valence-corrected chi connectivity index (χ4v) is 4.68. The number of nitrogens with one attached hydrogen (secondary N) is 2. The zero-order chi connectivity index (χ0) is 19.5. The van der Waals surface area contributed by atoms with Crippen molar-refractivity contribution in [2.24, 2.45) is 11.8 Å². The van der Waals surface area contributed by atoms with E-state index in [1.165, 1.54) is 0 Å². The Morgan fingerprint density at radius 1 is 1.14 bits per heavy atom. The third-order valence-electron chi connectivity index (χ3n) is 6.35. The number of carbonyl (C=O) groups is 2. The van der Waals surface area contributed by atoms with Crippen LogP contribution in [0.25, 0.3) is 10.8 Å². The average Bonchev–Trinajstić information content (AvgIpc) is 2.73. The van der Waals surface area contributed by atoms with Crippen molar-refractivity contribution in [1.29, 1.82) is 0 Å². The predicted octanol–water partition coefficient (Wildman–Crippen LogP) is 3.28.